The van der Waals surface area contributed by atoms with Gasteiger partial charge in [0.25, 0.3) is 0 Å². The van der Waals surface area contributed by atoms with Gasteiger partial charge in [-0.05, 0) is 49.6 Å². The van der Waals surface area contributed by atoms with Gasteiger partial charge in [-0.3, -0.25) is 9.80 Å². The van der Waals surface area contributed by atoms with Crippen LogP contribution in [0, 0.1) is 0 Å². The van der Waals surface area contributed by atoms with E-state index in [1.807, 2.05) is 0 Å². The summed E-state index contributed by atoms with van der Waals surface area (Å²) in [6.07, 6.45) is 6.36. The predicted molar refractivity (Wildman–Crippen MR) is 86.1 cm³/mol. The van der Waals surface area contributed by atoms with Gasteiger partial charge in [0, 0.05) is 25.7 Å². The van der Waals surface area contributed by atoms with Crippen molar-refractivity contribution in [2.75, 3.05) is 39.4 Å². The van der Waals surface area contributed by atoms with E-state index in [2.05, 4.69) is 36.9 Å². The normalized spacial score (nSPS) is 28.8. The van der Waals surface area contributed by atoms with Crippen molar-refractivity contribution < 1.29 is 4.74 Å². The summed E-state index contributed by atoms with van der Waals surface area (Å²) in [6.45, 7) is 8.48. The van der Waals surface area contributed by atoms with Crippen LogP contribution >= 0.6 is 0 Å². The quantitative estimate of drug-likeness (QED) is 0.814. The molecule has 2 unspecified atom stereocenters. The van der Waals surface area contributed by atoms with Gasteiger partial charge in [-0.15, -0.1) is 5.10 Å². The first-order valence-corrected chi connectivity index (χ1v) is 9.16. The van der Waals surface area contributed by atoms with E-state index in [0.29, 0.717) is 18.1 Å². The molecule has 7 nitrogen and oxygen atoms in total. The summed E-state index contributed by atoms with van der Waals surface area (Å²) in [5.41, 5.74) is 0. The van der Waals surface area contributed by atoms with Crippen molar-refractivity contribution in [1.29, 1.82) is 0 Å². The van der Waals surface area contributed by atoms with Crippen molar-refractivity contribution in [2.24, 2.45) is 0 Å². The fourth-order valence-electron chi connectivity index (χ4n) is 4.01. The number of rotatable bonds is 5. The molecule has 3 fully saturated rings. The highest BCUT2D eigenvalue weighted by molar-refractivity contribution is 4.99. The molecular formula is C16H28N6O. The molecule has 0 amide bonds. The molecule has 4 rings (SSSR count). The maximum absolute atomic E-state index is 5.49. The Morgan fingerprint density at radius 3 is 2.74 bits per heavy atom. The number of aromatic nitrogens is 4. The van der Waals surface area contributed by atoms with Crippen LogP contribution < -0.4 is 0 Å². The van der Waals surface area contributed by atoms with Crippen LogP contribution in [-0.4, -0.2) is 75.4 Å². The van der Waals surface area contributed by atoms with Gasteiger partial charge in [0.2, 0.25) is 0 Å². The molecule has 2 atom stereocenters. The van der Waals surface area contributed by atoms with E-state index in [4.69, 9.17) is 4.74 Å². The molecule has 128 valence electrons. The van der Waals surface area contributed by atoms with Gasteiger partial charge in [0.05, 0.1) is 25.3 Å². The Morgan fingerprint density at radius 2 is 1.96 bits per heavy atom. The highest BCUT2D eigenvalue weighted by Gasteiger charge is 2.35. The number of hydrogen-bond acceptors (Lipinski definition) is 6. The molecule has 1 saturated carbocycles. The minimum Gasteiger partial charge on any atom is -0.379 e. The lowest BCUT2D eigenvalue weighted by atomic mass is 9.99. The minimum absolute atomic E-state index is 0.303. The second kappa shape index (κ2) is 6.83. The van der Waals surface area contributed by atoms with Crippen molar-refractivity contribution in [1.82, 2.24) is 30.0 Å². The van der Waals surface area contributed by atoms with E-state index in [9.17, 15) is 0 Å². The summed E-state index contributed by atoms with van der Waals surface area (Å²) in [6, 6.07) is 1.46. The lowest BCUT2D eigenvalue weighted by molar-refractivity contribution is 0.00785. The van der Waals surface area contributed by atoms with Gasteiger partial charge in [-0.2, -0.15) is 0 Å². The zero-order valence-corrected chi connectivity index (χ0v) is 14.1. The molecule has 1 aromatic rings. The zero-order valence-electron chi connectivity index (χ0n) is 14.1. The molecule has 2 saturated heterocycles. The summed E-state index contributed by atoms with van der Waals surface area (Å²) < 4.78 is 7.56. The maximum Gasteiger partial charge on any atom is 0.168 e. The van der Waals surface area contributed by atoms with Crippen LogP contribution in [0.2, 0.25) is 0 Å². The predicted octanol–water partition coefficient (Wildman–Crippen LogP) is 1.26. The fraction of sp³-hybridized carbons (Fsp3) is 0.938. The Kier molecular flexibility index (Phi) is 4.59. The van der Waals surface area contributed by atoms with Crippen molar-refractivity contribution in [3.63, 3.8) is 0 Å². The zero-order chi connectivity index (χ0) is 15.6. The Hall–Kier alpha value is -1.05. The Bertz CT molecular complexity index is 510. The van der Waals surface area contributed by atoms with E-state index in [1.54, 1.807) is 0 Å². The summed E-state index contributed by atoms with van der Waals surface area (Å²) in [5.74, 6) is 1.06. The first-order chi connectivity index (χ1) is 11.3. The second-order valence-electron chi connectivity index (χ2n) is 7.19. The lowest BCUT2D eigenvalue weighted by Gasteiger charge is -2.42. The van der Waals surface area contributed by atoms with E-state index in [1.165, 1.54) is 32.1 Å². The van der Waals surface area contributed by atoms with E-state index < -0.39 is 0 Å². The van der Waals surface area contributed by atoms with Gasteiger partial charge in [0.1, 0.15) is 0 Å². The number of likely N-dealkylation sites (tertiary alicyclic amines) is 1. The van der Waals surface area contributed by atoms with Crippen LogP contribution in [0.1, 0.15) is 56.9 Å². The number of morpholine rings is 1. The maximum atomic E-state index is 5.49. The SMILES string of the molecule is CC(c1nnnn1C1CC1)N1CCCCC1CN1CCOCC1. The lowest BCUT2D eigenvalue weighted by Crippen LogP contribution is -2.50. The molecular weight excluding hydrogens is 292 g/mol. The molecule has 0 aromatic carbocycles. The van der Waals surface area contributed by atoms with Crippen LogP contribution in [0.4, 0.5) is 0 Å². The summed E-state index contributed by atoms with van der Waals surface area (Å²) >= 11 is 0. The molecule has 1 aromatic heterocycles. The fourth-order valence-corrected chi connectivity index (χ4v) is 4.01. The molecule has 0 spiro atoms. The Labute approximate surface area is 138 Å². The Morgan fingerprint density at radius 1 is 1.13 bits per heavy atom. The van der Waals surface area contributed by atoms with Crippen LogP contribution in [0.3, 0.4) is 0 Å². The highest BCUT2D eigenvalue weighted by atomic mass is 16.5. The molecule has 3 heterocycles. The van der Waals surface area contributed by atoms with E-state index in [0.717, 1.165) is 45.2 Å². The van der Waals surface area contributed by atoms with Crippen molar-refractivity contribution in [3.05, 3.63) is 5.82 Å². The monoisotopic (exact) mass is 320 g/mol. The average molecular weight is 320 g/mol. The van der Waals surface area contributed by atoms with Crippen LogP contribution in [0.15, 0.2) is 0 Å². The van der Waals surface area contributed by atoms with E-state index in [-0.39, 0.29) is 0 Å². The third-order valence-electron chi connectivity index (χ3n) is 5.53. The number of nitrogens with zero attached hydrogens (tertiary/aromatic N) is 6. The van der Waals surface area contributed by atoms with Gasteiger partial charge < -0.3 is 4.74 Å². The van der Waals surface area contributed by atoms with Crippen molar-refractivity contribution >= 4 is 0 Å². The highest BCUT2D eigenvalue weighted by Crippen LogP contribution is 2.37. The average Bonchev–Trinajstić information content (AvgIpc) is 3.32. The third kappa shape index (κ3) is 3.41. The van der Waals surface area contributed by atoms with Crippen LogP contribution in [0.25, 0.3) is 0 Å². The molecule has 3 aliphatic rings. The standard InChI is InChI=1S/C16H28N6O/c1-13(16-17-18-19-22(16)14-5-6-14)21-7-3-2-4-15(21)12-20-8-10-23-11-9-20/h13-15H,2-12H2,1H3. The molecule has 0 radical (unpaired) electrons. The Balaban J connectivity index is 1.46. The van der Waals surface area contributed by atoms with E-state index >= 15 is 0 Å². The molecule has 2 aliphatic heterocycles. The van der Waals surface area contributed by atoms with Gasteiger partial charge in [-0.25, -0.2) is 4.68 Å². The number of hydrogen-bond donors (Lipinski definition) is 0. The topological polar surface area (TPSA) is 59.3 Å². The number of piperidine rings is 1. The molecule has 0 N–H and O–H groups in total. The molecule has 23 heavy (non-hydrogen) atoms. The van der Waals surface area contributed by atoms with Gasteiger partial charge >= 0.3 is 0 Å². The third-order valence-corrected chi connectivity index (χ3v) is 5.53. The number of ether oxygens (including phenoxy) is 1. The molecule has 1 aliphatic carbocycles. The van der Waals surface area contributed by atoms with Crippen LogP contribution in [0.5, 0.6) is 0 Å². The molecule has 7 heteroatoms. The molecule has 0 bridgehead atoms. The minimum atomic E-state index is 0.303. The summed E-state index contributed by atoms with van der Waals surface area (Å²) in [5, 5.41) is 12.5. The second-order valence-corrected chi connectivity index (χ2v) is 7.19. The van der Waals surface area contributed by atoms with Gasteiger partial charge in [-0.1, -0.05) is 6.42 Å². The van der Waals surface area contributed by atoms with Crippen molar-refractivity contribution in [3.8, 4) is 0 Å². The summed E-state index contributed by atoms with van der Waals surface area (Å²) in [4.78, 5) is 5.20. The van der Waals surface area contributed by atoms with Crippen molar-refractivity contribution in [2.45, 2.75) is 57.2 Å². The first-order valence-electron chi connectivity index (χ1n) is 9.16. The van der Waals surface area contributed by atoms with Crippen LogP contribution in [-0.2, 0) is 4.74 Å². The van der Waals surface area contributed by atoms with Gasteiger partial charge in [0.15, 0.2) is 5.82 Å². The largest absolute Gasteiger partial charge is 0.379 e. The smallest absolute Gasteiger partial charge is 0.168 e. The first kappa shape index (κ1) is 15.5. The summed E-state index contributed by atoms with van der Waals surface area (Å²) in [7, 11) is 0. The number of tetrazole rings is 1.